The SMILES string of the molecule is COc1cccc(C(=O)N2CCCCN(C(=O)C3=NCCC(c4cccc(F)c4)=CN3)CC2)n1. The Hall–Kier alpha value is -3.75. The molecule has 2 amide bonds. The largest absolute Gasteiger partial charge is 0.481 e. The molecule has 0 bridgehead atoms. The van der Waals surface area contributed by atoms with Crippen LogP contribution in [0.2, 0.25) is 0 Å². The van der Waals surface area contributed by atoms with Crippen LogP contribution < -0.4 is 10.1 Å². The molecule has 0 radical (unpaired) electrons. The van der Waals surface area contributed by atoms with E-state index in [0.29, 0.717) is 50.7 Å². The van der Waals surface area contributed by atoms with Gasteiger partial charge in [0.25, 0.3) is 11.8 Å². The normalized spacial score (nSPS) is 16.9. The highest BCUT2D eigenvalue weighted by Gasteiger charge is 2.25. The Bertz CT molecular complexity index is 1120. The first-order valence-electron chi connectivity index (χ1n) is 11.4. The van der Waals surface area contributed by atoms with Gasteiger partial charge in [-0.25, -0.2) is 9.37 Å². The maximum atomic E-state index is 13.6. The van der Waals surface area contributed by atoms with Gasteiger partial charge in [0.05, 0.1) is 7.11 Å². The first-order valence-corrected chi connectivity index (χ1v) is 11.4. The topological polar surface area (TPSA) is 87.1 Å². The van der Waals surface area contributed by atoms with Crippen LogP contribution in [0.4, 0.5) is 4.39 Å². The molecule has 0 unspecified atom stereocenters. The number of aliphatic imine (C=N–C) groups is 1. The van der Waals surface area contributed by atoms with Crippen LogP contribution >= 0.6 is 0 Å². The van der Waals surface area contributed by atoms with Crippen LogP contribution in [0.5, 0.6) is 5.88 Å². The number of halogens is 1. The summed E-state index contributed by atoms with van der Waals surface area (Å²) in [7, 11) is 1.51. The van der Waals surface area contributed by atoms with Gasteiger partial charge in [-0.05, 0) is 48.6 Å². The van der Waals surface area contributed by atoms with E-state index in [1.807, 2.05) is 6.07 Å². The van der Waals surface area contributed by atoms with Crippen molar-refractivity contribution < 1.29 is 18.7 Å². The second-order valence-corrected chi connectivity index (χ2v) is 8.16. The number of aromatic nitrogens is 1. The average molecular weight is 466 g/mol. The molecule has 4 rings (SSSR count). The fourth-order valence-corrected chi connectivity index (χ4v) is 4.04. The van der Waals surface area contributed by atoms with Crippen molar-refractivity contribution in [1.29, 1.82) is 0 Å². The molecule has 8 nitrogen and oxygen atoms in total. The van der Waals surface area contributed by atoms with E-state index in [4.69, 9.17) is 4.74 Å². The molecule has 1 saturated heterocycles. The maximum absolute atomic E-state index is 13.6. The molecule has 178 valence electrons. The lowest BCUT2D eigenvalue weighted by molar-refractivity contribution is -0.124. The van der Waals surface area contributed by atoms with Crippen LogP contribution in [0.3, 0.4) is 0 Å². The van der Waals surface area contributed by atoms with Gasteiger partial charge in [-0.3, -0.25) is 14.6 Å². The summed E-state index contributed by atoms with van der Waals surface area (Å²) in [6.45, 7) is 2.44. The highest BCUT2D eigenvalue weighted by molar-refractivity contribution is 6.38. The third kappa shape index (κ3) is 5.59. The molecule has 2 aliphatic rings. The summed E-state index contributed by atoms with van der Waals surface area (Å²) in [5.74, 6) is -0.0350. The molecule has 34 heavy (non-hydrogen) atoms. The van der Waals surface area contributed by atoms with Gasteiger partial charge in [0.2, 0.25) is 5.88 Å². The number of rotatable bonds is 4. The monoisotopic (exact) mass is 465 g/mol. The number of hydrogen-bond donors (Lipinski definition) is 1. The van der Waals surface area contributed by atoms with Gasteiger partial charge in [0, 0.05) is 45.0 Å². The second kappa shape index (κ2) is 10.9. The van der Waals surface area contributed by atoms with Crippen LogP contribution in [0.25, 0.3) is 5.57 Å². The van der Waals surface area contributed by atoms with Gasteiger partial charge in [-0.1, -0.05) is 18.2 Å². The number of nitrogens with one attached hydrogen (secondary N) is 1. The lowest BCUT2D eigenvalue weighted by atomic mass is 10.0. The molecule has 0 aliphatic carbocycles. The van der Waals surface area contributed by atoms with Crippen molar-refractivity contribution in [2.75, 3.05) is 39.8 Å². The lowest BCUT2D eigenvalue weighted by Gasteiger charge is -2.31. The summed E-state index contributed by atoms with van der Waals surface area (Å²) in [4.78, 5) is 38.3. The number of ether oxygens (including phenoxy) is 1. The number of hydrogen-bond acceptors (Lipinski definition) is 6. The van der Waals surface area contributed by atoms with Gasteiger partial charge < -0.3 is 19.9 Å². The van der Waals surface area contributed by atoms with Crippen molar-refractivity contribution in [3.8, 4) is 5.88 Å². The molecule has 0 saturated carbocycles. The summed E-state index contributed by atoms with van der Waals surface area (Å²) in [5.41, 5.74) is 1.98. The molecule has 3 heterocycles. The fourth-order valence-electron chi connectivity index (χ4n) is 4.04. The van der Waals surface area contributed by atoms with E-state index < -0.39 is 0 Å². The maximum Gasteiger partial charge on any atom is 0.289 e. The molecule has 0 spiro atoms. The number of carbonyl (C=O) groups excluding carboxylic acids is 2. The zero-order valence-electron chi connectivity index (χ0n) is 19.2. The number of amidine groups is 1. The number of carbonyl (C=O) groups is 2. The molecule has 1 aromatic carbocycles. The first kappa shape index (κ1) is 23.4. The fraction of sp³-hybridized carbons (Fsp3) is 0.360. The van der Waals surface area contributed by atoms with Gasteiger partial charge in [0.1, 0.15) is 11.5 Å². The Labute approximate surface area is 198 Å². The molecule has 2 aromatic rings. The Morgan fingerprint density at radius 2 is 1.74 bits per heavy atom. The molecule has 0 atom stereocenters. The van der Waals surface area contributed by atoms with E-state index in [1.165, 1.54) is 19.2 Å². The number of pyridine rings is 1. The molecule has 1 aromatic heterocycles. The van der Waals surface area contributed by atoms with E-state index in [1.54, 1.807) is 40.3 Å². The molecule has 1 N–H and O–H groups in total. The minimum atomic E-state index is -0.302. The second-order valence-electron chi connectivity index (χ2n) is 8.16. The first-order chi connectivity index (χ1) is 16.5. The van der Waals surface area contributed by atoms with Crippen LogP contribution in [-0.2, 0) is 4.79 Å². The van der Waals surface area contributed by atoms with E-state index in [-0.39, 0.29) is 23.5 Å². The highest BCUT2D eigenvalue weighted by Crippen LogP contribution is 2.20. The van der Waals surface area contributed by atoms with Gasteiger partial charge in [-0.15, -0.1) is 0 Å². The number of benzene rings is 1. The third-order valence-corrected chi connectivity index (χ3v) is 5.90. The number of amides is 2. The predicted octanol–water partition coefficient (Wildman–Crippen LogP) is 2.73. The minimum Gasteiger partial charge on any atom is -0.481 e. The molecular formula is C25H28FN5O3. The smallest absolute Gasteiger partial charge is 0.289 e. The van der Waals surface area contributed by atoms with Crippen LogP contribution in [-0.4, -0.2) is 72.3 Å². The van der Waals surface area contributed by atoms with Crippen LogP contribution in [0.15, 0.2) is 53.7 Å². The van der Waals surface area contributed by atoms with E-state index >= 15 is 0 Å². The summed E-state index contributed by atoms with van der Waals surface area (Å²) in [5, 5.41) is 3.03. The summed E-state index contributed by atoms with van der Waals surface area (Å²) >= 11 is 0. The molecule has 2 aliphatic heterocycles. The summed E-state index contributed by atoms with van der Waals surface area (Å²) in [6.07, 6.45) is 3.89. The minimum absolute atomic E-state index is 0.180. The van der Waals surface area contributed by atoms with Gasteiger partial charge >= 0.3 is 0 Å². The Morgan fingerprint density at radius 3 is 2.47 bits per heavy atom. The standard InChI is InChI=1S/C25H28FN5O3/c1-34-22-9-5-8-21(29-22)24(32)30-12-2-3-13-31(15-14-30)25(33)23-27-11-10-19(17-28-23)18-6-4-7-20(26)16-18/h4-9,16-17H,2-3,10-15H2,1H3,(H,27,28). The van der Waals surface area contributed by atoms with Gasteiger partial charge in [-0.2, -0.15) is 0 Å². The average Bonchev–Trinajstić information content (AvgIpc) is 3.10. The molecule has 9 heteroatoms. The van der Waals surface area contributed by atoms with Crippen molar-refractivity contribution in [2.24, 2.45) is 4.99 Å². The van der Waals surface area contributed by atoms with E-state index in [0.717, 1.165) is 24.0 Å². The zero-order valence-corrected chi connectivity index (χ0v) is 19.2. The van der Waals surface area contributed by atoms with Crippen molar-refractivity contribution in [1.82, 2.24) is 20.1 Å². The van der Waals surface area contributed by atoms with Crippen molar-refractivity contribution in [3.63, 3.8) is 0 Å². The number of nitrogens with zero attached hydrogens (tertiary/aromatic N) is 4. The van der Waals surface area contributed by atoms with Crippen molar-refractivity contribution >= 4 is 23.2 Å². The Morgan fingerprint density at radius 1 is 1.00 bits per heavy atom. The lowest BCUT2D eigenvalue weighted by Crippen LogP contribution is -2.48. The third-order valence-electron chi connectivity index (χ3n) is 5.90. The Balaban J connectivity index is 1.41. The van der Waals surface area contributed by atoms with Crippen LogP contribution in [0, 0.1) is 5.82 Å². The van der Waals surface area contributed by atoms with Crippen molar-refractivity contribution in [3.05, 3.63) is 65.7 Å². The Kier molecular flexibility index (Phi) is 7.51. The van der Waals surface area contributed by atoms with E-state index in [9.17, 15) is 14.0 Å². The highest BCUT2D eigenvalue weighted by atomic mass is 19.1. The quantitative estimate of drug-likeness (QED) is 0.750. The van der Waals surface area contributed by atoms with Crippen molar-refractivity contribution in [2.45, 2.75) is 19.3 Å². The molecular weight excluding hydrogens is 437 g/mol. The van der Waals surface area contributed by atoms with Crippen LogP contribution in [0.1, 0.15) is 35.3 Å². The number of methoxy groups -OCH3 is 1. The zero-order chi connectivity index (χ0) is 23.9. The van der Waals surface area contributed by atoms with E-state index in [2.05, 4.69) is 15.3 Å². The summed E-state index contributed by atoms with van der Waals surface area (Å²) in [6, 6.07) is 11.5. The van der Waals surface area contributed by atoms with Gasteiger partial charge in [0.15, 0.2) is 5.84 Å². The predicted molar refractivity (Wildman–Crippen MR) is 127 cm³/mol. The molecule has 1 fully saturated rings. The summed E-state index contributed by atoms with van der Waals surface area (Å²) < 4.78 is 18.7.